The quantitative estimate of drug-likeness (QED) is 0.0489. The summed E-state index contributed by atoms with van der Waals surface area (Å²) in [6.07, 6.45) is 1.80. The number of nitrogen functional groups attached to an aromatic ring is 1. The third kappa shape index (κ3) is 7.27. The van der Waals surface area contributed by atoms with Crippen molar-refractivity contribution >= 4 is 63.8 Å². The fourth-order valence-corrected chi connectivity index (χ4v) is 6.34. The maximum absolute atomic E-state index is 13.4. The minimum atomic E-state index is -1.39. The molecule has 2 fully saturated rings. The van der Waals surface area contributed by atoms with Crippen molar-refractivity contribution in [3.63, 3.8) is 0 Å². The lowest BCUT2D eigenvalue weighted by Crippen LogP contribution is -2.74. The molecular formula is C24H32N6O9S2. The number of aromatic nitrogens is 1. The maximum atomic E-state index is 13.4. The summed E-state index contributed by atoms with van der Waals surface area (Å²) in [5, 5.41) is 15.9. The Bertz CT molecular complexity index is 1230. The molecule has 0 spiro atoms. The first kappa shape index (κ1) is 31.7. The average Bonchev–Trinajstić information content (AvgIpc) is 3.35. The zero-order valence-electron chi connectivity index (χ0n) is 22.6. The lowest BCUT2D eigenvalue weighted by atomic mass is 9.86. The SMILES string of the molecule is CCC(CC)C(=O)OC(C)OC(=O)C1(C=CCOC(N)=O)CS[C@@H]2C(NC(=O)C(=NO)c3csc(N)n3)C(=O)N2C1. The molecule has 17 heteroatoms. The Labute approximate surface area is 243 Å². The molecular weight excluding hydrogens is 580 g/mol. The van der Waals surface area contributed by atoms with Crippen molar-refractivity contribution in [2.75, 3.05) is 24.6 Å². The van der Waals surface area contributed by atoms with Crippen molar-refractivity contribution in [3.8, 4) is 0 Å². The monoisotopic (exact) mass is 612 g/mol. The number of thioether (sulfide) groups is 1. The number of thiazole rings is 1. The molecule has 0 aliphatic carbocycles. The van der Waals surface area contributed by atoms with Gasteiger partial charge < -0.3 is 41.1 Å². The van der Waals surface area contributed by atoms with Gasteiger partial charge in [0.15, 0.2) is 10.8 Å². The summed E-state index contributed by atoms with van der Waals surface area (Å²) in [5.74, 6) is -2.80. The molecule has 3 rings (SSSR count). The summed E-state index contributed by atoms with van der Waals surface area (Å²) < 4.78 is 15.5. The van der Waals surface area contributed by atoms with Crippen LogP contribution in [-0.4, -0.2) is 87.3 Å². The molecule has 0 aromatic carbocycles. The molecule has 2 aliphatic rings. The van der Waals surface area contributed by atoms with E-state index in [1.54, 1.807) is 0 Å². The number of hydrogen-bond acceptors (Lipinski definition) is 14. The summed E-state index contributed by atoms with van der Waals surface area (Å²) in [6, 6.07) is -0.962. The Kier molecular flexibility index (Phi) is 10.6. The van der Waals surface area contributed by atoms with Crippen LogP contribution in [0.25, 0.3) is 0 Å². The number of nitrogens with one attached hydrogen (secondary N) is 1. The van der Waals surface area contributed by atoms with Gasteiger partial charge in [-0.25, -0.2) is 9.78 Å². The molecule has 6 N–H and O–H groups in total. The van der Waals surface area contributed by atoms with Crippen LogP contribution in [0, 0.1) is 11.3 Å². The van der Waals surface area contributed by atoms with Gasteiger partial charge >= 0.3 is 18.0 Å². The van der Waals surface area contributed by atoms with Gasteiger partial charge in [0, 0.05) is 24.6 Å². The number of ether oxygens (including phenoxy) is 3. The minimum Gasteiger partial charge on any atom is -0.445 e. The van der Waals surface area contributed by atoms with Crippen LogP contribution in [0.4, 0.5) is 9.93 Å². The summed E-state index contributed by atoms with van der Waals surface area (Å²) >= 11 is 2.25. The van der Waals surface area contributed by atoms with Crippen molar-refractivity contribution < 1.29 is 43.4 Å². The third-order valence-electron chi connectivity index (χ3n) is 6.51. The van der Waals surface area contributed by atoms with E-state index < -0.39 is 58.7 Å². The van der Waals surface area contributed by atoms with Gasteiger partial charge in [-0.3, -0.25) is 19.2 Å². The molecule has 1 aromatic rings. The van der Waals surface area contributed by atoms with E-state index in [1.165, 1.54) is 41.1 Å². The largest absolute Gasteiger partial charge is 0.445 e. The van der Waals surface area contributed by atoms with Crippen molar-refractivity contribution in [2.45, 2.75) is 51.3 Å². The summed E-state index contributed by atoms with van der Waals surface area (Å²) in [5.41, 5.74) is 8.84. The summed E-state index contributed by atoms with van der Waals surface area (Å²) in [4.78, 5) is 67.8. The average molecular weight is 613 g/mol. The number of primary amides is 1. The topological polar surface area (TPSA) is 226 Å². The highest BCUT2D eigenvalue weighted by molar-refractivity contribution is 8.00. The fraction of sp³-hybridized carbons (Fsp3) is 0.542. The van der Waals surface area contributed by atoms with Gasteiger partial charge in [-0.2, -0.15) is 0 Å². The number of carbonyl (C=O) groups excluding carboxylic acids is 5. The molecule has 4 atom stereocenters. The zero-order valence-corrected chi connectivity index (χ0v) is 24.2. The zero-order chi connectivity index (χ0) is 30.3. The van der Waals surface area contributed by atoms with Gasteiger partial charge in [0.2, 0.25) is 12.2 Å². The molecule has 3 amide bonds. The van der Waals surface area contributed by atoms with Crippen molar-refractivity contribution in [3.05, 3.63) is 23.2 Å². The number of fused-ring (bicyclic) bond motifs is 1. The van der Waals surface area contributed by atoms with E-state index in [9.17, 15) is 29.2 Å². The number of rotatable bonds is 12. The molecule has 0 saturated carbocycles. The summed E-state index contributed by atoms with van der Waals surface area (Å²) in [6.45, 7) is 4.76. The van der Waals surface area contributed by atoms with Crippen LogP contribution in [0.15, 0.2) is 22.7 Å². The molecule has 0 radical (unpaired) electrons. The van der Waals surface area contributed by atoms with Crippen LogP contribution in [0.3, 0.4) is 0 Å². The van der Waals surface area contributed by atoms with Gasteiger partial charge in [-0.1, -0.05) is 25.1 Å². The first-order valence-electron chi connectivity index (χ1n) is 12.6. The molecule has 3 unspecified atom stereocenters. The fourth-order valence-electron chi connectivity index (χ4n) is 4.28. The van der Waals surface area contributed by atoms with Crippen LogP contribution in [-0.2, 0) is 33.4 Å². The smallest absolute Gasteiger partial charge is 0.404 e. The second kappa shape index (κ2) is 13.7. The number of β-lactam (4-membered cyclic amide) rings is 1. The Morgan fingerprint density at radius 3 is 2.61 bits per heavy atom. The van der Waals surface area contributed by atoms with Crippen LogP contribution >= 0.6 is 23.1 Å². The van der Waals surface area contributed by atoms with E-state index in [2.05, 4.69) is 15.5 Å². The van der Waals surface area contributed by atoms with Crippen molar-refractivity contribution in [1.29, 1.82) is 0 Å². The lowest BCUT2D eigenvalue weighted by Gasteiger charge is -2.53. The van der Waals surface area contributed by atoms with Gasteiger partial charge in [-0.15, -0.1) is 23.1 Å². The van der Waals surface area contributed by atoms with Gasteiger partial charge in [0.25, 0.3) is 5.91 Å². The highest BCUT2D eigenvalue weighted by Gasteiger charge is 2.57. The first-order valence-corrected chi connectivity index (χ1v) is 14.6. The number of esters is 2. The van der Waals surface area contributed by atoms with E-state index in [1.807, 2.05) is 13.8 Å². The van der Waals surface area contributed by atoms with Gasteiger partial charge in [0.1, 0.15) is 29.1 Å². The highest BCUT2D eigenvalue weighted by atomic mass is 32.2. The molecule has 3 heterocycles. The molecule has 41 heavy (non-hydrogen) atoms. The molecule has 2 saturated heterocycles. The molecule has 0 bridgehead atoms. The minimum absolute atomic E-state index is 0.0523. The molecule has 2 aliphatic heterocycles. The number of carbonyl (C=O) groups is 5. The first-order chi connectivity index (χ1) is 19.5. The Morgan fingerprint density at radius 1 is 1.32 bits per heavy atom. The van der Waals surface area contributed by atoms with Crippen LogP contribution in [0.2, 0.25) is 0 Å². The van der Waals surface area contributed by atoms with E-state index in [0.29, 0.717) is 12.8 Å². The number of hydrogen-bond donors (Lipinski definition) is 4. The maximum Gasteiger partial charge on any atom is 0.404 e. The Morgan fingerprint density at radius 2 is 2.02 bits per heavy atom. The van der Waals surface area contributed by atoms with Crippen LogP contribution < -0.4 is 16.8 Å². The lowest BCUT2D eigenvalue weighted by molar-refractivity contribution is -0.193. The Hall–Kier alpha value is -3.86. The third-order valence-corrected chi connectivity index (χ3v) is 8.73. The predicted octanol–water partition coefficient (Wildman–Crippen LogP) is 0.810. The van der Waals surface area contributed by atoms with E-state index in [-0.39, 0.29) is 35.6 Å². The number of nitrogens with zero attached hydrogens (tertiary/aromatic N) is 3. The Balaban J connectivity index is 1.71. The predicted molar refractivity (Wildman–Crippen MR) is 148 cm³/mol. The highest BCUT2D eigenvalue weighted by Crippen LogP contribution is 2.43. The second-order valence-corrected chi connectivity index (χ2v) is 11.2. The number of amides is 3. The van der Waals surface area contributed by atoms with E-state index in [4.69, 9.17) is 25.7 Å². The van der Waals surface area contributed by atoms with Crippen molar-refractivity contribution in [1.82, 2.24) is 15.2 Å². The van der Waals surface area contributed by atoms with Crippen LogP contribution in [0.5, 0.6) is 0 Å². The van der Waals surface area contributed by atoms with Gasteiger partial charge in [-0.05, 0) is 18.9 Å². The van der Waals surface area contributed by atoms with Crippen LogP contribution in [0.1, 0.15) is 39.3 Å². The number of anilines is 1. The van der Waals surface area contributed by atoms with E-state index in [0.717, 1.165) is 11.3 Å². The standard InChI is InChI=1S/C24H32N6O9S2/c1-4-13(5-2)20(33)38-12(3)39-21(34)24(7-6-8-37-23(26)35)10-30-18(32)16(19(30)41-11-24)28-17(31)15(29-36)14-9-40-22(25)27-14/h6-7,9,12-13,16,19,36H,4-5,8,10-11H2,1-3H3,(H2,25,27)(H2,26,35)(H,28,31)/t12?,16?,19-,24?/m1/s1. The number of oxime groups is 1. The normalized spacial score (nSPS) is 23.0. The second-order valence-electron chi connectivity index (χ2n) is 9.25. The number of nitrogens with two attached hydrogens (primary N) is 2. The molecule has 15 nitrogen and oxygen atoms in total. The van der Waals surface area contributed by atoms with Crippen molar-refractivity contribution in [2.24, 2.45) is 22.2 Å². The molecule has 1 aromatic heterocycles. The van der Waals surface area contributed by atoms with E-state index >= 15 is 0 Å². The summed E-state index contributed by atoms with van der Waals surface area (Å²) in [7, 11) is 0. The molecule has 224 valence electrons. The van der Waals surface area contributed by atoms with Gasteiger partial charge in [0.05, 0.1) is 5.92 Å².